The van der Waals surface area contributed by atoms with Crippen molar-refractivity contribution in [1.82, 2.24) is 0 Å². The molecule has 0 aromatic heterocycles. The third kappa shape index (κ3) is 4.74. The standard InChI is InChI=1S/C17H17ClFN3O3/c1-10(13-5-3-4-6-14(13)18)20-11(2)17(23)21-12-7-8-15(19)16(9-12)22(24)25/h3-11,20H,1-2H3,(H,21,23)/p+1/t10-,11-/m0/s1. The molecular weight excluding hydrogens is 349 g/mol. The first-order valence-corrected chi connectivity index (χ1v) is 8.01. The number of rotatable bonds is 6. The number of nitro benzene ring substituents is 1. The van der Waals surface area contributed by atoms with Crippen molar-refractivity contribution in [2.75, 3.05) is 5.32 Å². The van der Waals surface area contributed by atoms with Crippen LogP contribution in [0.3, 0.4) is 0 Å². The first-order chi connectivity index (χ1) is 11.8. The summed E-state index contributed by atoms with van der Waals surface area (Å²) < 4.78 is 13.3. The Hall–Kier alpha value is -2.51. The summed E-state index contributed by atoms with van der Waals surface area (Å²) in [6.45, 7) is 3.63. The second-order valence-electron chi connectivity index (χ2n) is 5.70. The summed E-state index contributed by atoms with van der Waals surface area (Å²) >= 11 is 6.15. The predicted molar refractivity (Wildman–Crippen MR) is 92.9 cm³/mol. The number of hydrogen-bond donors (Lipinski definition) is 2. The fourth-order valence-electron chi connectivity index (χ4n) is 2.45. The van der Waals surface area contributed by atoms with Crippen LogP contribution < -0.4 is 10.6 Å². The second kappa shape index (κ2) is 8.04. The molecule has 25 heavy (non-hydrogen) atoms. The lowest BCUT2D eigenvalue weighted by atomic mass is 10.1. The number of hydrogen-bond acceptors (Lipinski definition) is 3. The number of quaternary nitrogens is 1. The zero-order valence-electron chi connectivity index (χ0n) is 13.7. The van der Waals surface area contributed by atoms with E-state index in [2.05, 4.69) is 5.32 Å². The van der Waals surface area contributed by atoms with Gasteiger partial charge in [-0.15, -0.1) is 0 Å². The first-order valence-electron chi connectivity index (χ1n) is 7.63. The van der Waals surface area contributed by atoms with E-state index in [1.807, 2.05) is 30.4 Å². The molecule has 0 saturated carbocycles. The Balaban J connectivity index is 2.04. The fraction of sp³-hybridized carbons (Fsp3) is 0.235. The van der Waals surface area contributed by atoms with Crippen LogP contribution in [0.5, 0.6) is 0 Å². The highest BCUT2D eigenvalue weighted by Crippen LogP contribution is 2.22. The van der Waals surface area contributed by atoms with Gasteiger partial charge >= 0.3 is 5.69 Å². The number of nitrogens with one attached hydrogen (secondary N) is 1. The quantitative estimate of drug-likeness (QED) is 0.608. The highest BCUT2D eigenvalue weighted by molar-refractivity contribution is 6.31. The number of nitrogens with zero attached hydrogens (tertiary/aromatic N) is 1. The van der Waals surface area contributed by atoms with E-state index >= 15 is 0 Å². The van der Waals surface area contributed by atoms with E-state index < -0.39 is 22.5 Å². The molecule has 2 atom stereocenters. The van der Waals surface area contributed by atoms with Gasteiger partial charge in [-0.25, -0.2) is 0 Å². The van der Waals surface area contributed by atoms with E-state index in [1.165, 1.54) is 6.07 Å². The Labute approximate surface area is 149 Å². The molecule has 0 radical (unpaired) electrons. The van der Waals surface area contributed by atoms with E-state index in [0.717, 1.165) is 17.7 Å². The van der Waals surface area contributed by atoms with Crippen LogP contribution in [0, 0.1) is 15.9 Å². The van der Waals surface area contributed by atoms with Crippen LogP contribution in [0.1, 0.15) is 25.5 Å². The van der Waals surface area contributed by atoms with Crippen molar-refractivity contribution in [2.24, 2.45) is 0 Å². The smallest absolute Gasteiger partial charge is 0.306 e. The molecule has 2 aromatic carbocycles. The minimum absolute atomic E-state index is 0.0583. The molecule has 0 bridgehead atoms. The Morgan fingerprint density at radius 2 is 1.96 bits per heavy atom. The number of benzene rings is 2. The lowest BCUT2D eigenvalue weighted by Crippen LogP contribution is -2.91. The average molecular weight is 367 g/mol. The topological polar surface area (TPSA) is 88.8 Å². The third-order valence-corrected chi connectivity index (χ3v) is 4.14. The molecule has 0 aliphatic carbocycles. The highest BCUT2D eigenvalue weighted by atomic mass is 35.5. The molecule has 8 heteroatoms. The van der Waals surface area contributed by atoms with Gasteiger partial charge in [0.2, 0.25) is 5.82 Å². The van der Waals surface area contributed by atoms with Gasteiger partial charge < -0.3 is 10.6 Å². The molecule has 0 aliphatic heterocycles. The number of carbonyl (C=O) groups excluding carboxylic acids is 1. The number of carbonyl (C=O) groups is 1. The van der Waals surface area contributed by atoms with Crippen LogP contribution in [0.4, 0.5) is 15.8 Å². The van der Waals surface area contributed by atoms with Gasteiger partial charge in [0, 0.05) is 22.3 Å². The maximum Gasteiger partial charge on any atom is 0.306 e. The van der Waals surface area contributed by atoms with Gasteiger partial charge in [-0.1, -0.05) is 29.8 Å². The zero-order valence-corrected chi connectivity index (χ0v) is 14.5. The van der Waals surface area contributed by atoms with Crippen molar-refractivity contribution < 1.29 is 19.4 Å². The molecule has 0 heterocycles. The van der Waals surface area contributed by atoms with Crippen LogP contribution in [0.15, 0.2) is 42.5 Å². The van der Waals surface area contributed by atoms with Gasteiger partial charge in [0.15, 0.2) is 6.04 Å². The van der Waals surface area contributed by atoms with Crippen molar-refractivity contribution in [3.63, 3.8) is 0 Å². The van der Waals surface area contributed by atoms with E-state index in [-0.39, 0.29) is 17.6 Å². The summed E-state index contributed by atoms with van der Waals surface area (Å²) in [6, 6.07) is 10.1. The molecule has 1 amide bonds. The SMILES string of the molecule is C[C@H]([NH2+][C@@H](C)c1ccccc1Cl)C(=O)Nc1ccc(F)c([N+](=O)[O-])c1. The van der Waals surface area contributed by atoms with Crippen molar-refractivity contribution >= 4 is 28.9 Å². The minimum Gasteiger partial charge on any atom is -0.330 e. The monoisotopic (exact) mass is 366 g/mol. The highest BCUT2D eigenvalue weighted by Gasteiger charge is 2.23. The Kier molecular flexibility index (Phi) is 6.06. The van der Waals surface area contributed by atoms with Crippen molar-refractivity contribution in [3.8, 4) is 0 Å². The molecular formula is C17H18ClFN3O3+. The maximum atomic E-state index is 13.3. The first kappa shape index (κ1) is 18.8. The van der Waals surface area contributed by atoms with Gasteiger partial charge in [0.25, 0.3) is 5.91 Å². The number of halogens is 2. The van der Waals surface area contributed by atoms with E-state index in [0.29, 0.717) is 5.02 Å². The lowest BCUT2D eigenvalue weighted by Gasteiger charge is -2.17. The maximum absolute atomic E-state index is 13.3. The average Bonchev–Trinajstić information content (AvgIpc) is 2.56. The van der Waals surface area contributed by atoms with Gasteiger partial charge in [0.1, 0.15) is 6.04 Å². The largest absolute Gasteiger partial charge is 0.330 e. The van der Waals surface area contributed by atoms with Crippen LogP contribution in [0.25, 0.3) is 0 Å². The summed E-state index contributed by atoms with van der Waals surface area (Å²) in [4.78, 5) is 22.2. The van der Waals surface area contributed by atoms with Crippen LogP contribution >= 0.6 is 11.6 Å². The number of nitro groups is 1. The second-order valence-corrected chi connectivity index (χ2v) is 6.11. The summed E-state index contributed by atoms with van der Waals surface area (Å²) in [5.74, 6) is -1.30. The number of amides is 1. The Morgan fingerprint density at radius 1 is 1.28 bits per heavy atom. The van der Waals surface area contributed by atoms with Crippen molar-refractivity contribution in [2.45, 2.75) is 25.9 Å². The Morgan fingerprint density at radius 3 is 2.60 bits per heavy atom. The van der Waals surface area contributed by atoms with Crippen LogP contribution in [0.2, 0.25) is 5.02 Å². The minimum atomic E-state index is -0.949. The Bertz CT molecular complexity index is 800. The lowest BCUT2D eigenvalue weighted by molar-refractivity contribution is -0.709. The van der Waals surface area contributed by atoms with Crippen molar-refractivity contribution in [3.05, 3.63) is 69.0 Å². The number of nitrogens with two attached hydrogens (primary N) is 1. The molecule has 0 fully saturated rings. The van der Waals surface area contributed by atoms with Gasteiger partial charge in [0.05, 0.1) is 4.92 Å². The molecule has 132 valence electrons. The molecule has 0 saturated heterocycles. The molecule has 0 unspecified atom stereocenters. The molecule has 3 N–H and O–H groups in total. The number of anilines is 1. The van der Waals surface area contributed by atoms with Gasteiger partial charge in [-0.3, -0.25) is 14.9 Å². The van der Waals surface area contributed by atoms with Gasteiger partial charge in [-0.05, 0) is 32.0 Å². The van der Waals surface area contributed by atoms with Crippen LogP contribution in [-0.2, 0) is 4.79 Å². The van der Waals surface area contributed by atoms with Crippen LogP contribution in [-0.4, -0.2) is 16.9 Å². The predicted octanol–water partition coefficient (Wildman–Crippen LogP) is 3.04. The zero-order chi connectivity index (χ0) is 18.6. The molecule has 2 aromatic rings. The van der Waals surface area contributed by atoms with E-state index in [9.17, 15) is 19.3 Å². The fourth-order valence-corrected chi connectivity index (χ4v) is 2.76. The van der Waals surface area contributed by atoms with Gasteiger partial charge in [-0.2, -0.15) is 4.39 Å². The third-order valence-electron chi connectivity index (χ3n) is 3.80. The molecule has 0 spiro atoms. The molecule has 2 rings (SSSR count). The summed E-state index contributed by atoms with van der Waals surface area (Å²) in [7, 11) is 0. The van der Waals surface area contributed by atoms with Crippen molar-refractivity contribution in [1.29, 1.82) is 0 Å². The summed E-state index contributed by atoms with van der Waals surface area (Å²) in [6.07, 6.45) is 0. The summed E-state index contributed by atoms with van der Waals surface area (Å²) in [5.41, 5.74) is 0.392. The molecule has 0 aliphatic rings. The summed E-state index contributed by atoms with van der Waals surface area (Å²) in [5, 5.41) is 15.8. The normalized spacial score (nSPS) is 13.1. The molecule has 6 nitrogen and oxygen atoms in total. The van der Waals surface area contributed by atoms with E-state index in [1.54, 1.807) is 13.0 Å². The van der Waals surface area contributed by atoms with E-state index in [4.69, 9.17) is 11.6 Å².